The number of fused-ring (bicyclic) bond motifs is 2. The second-order valence-electron chi connectivity index (χ2n) is 7.27. The van der Waals surface area contributed by atoms with Gasteiger partial charge in [-0.25, -0.2) is 0 Å². The van der Waals surface area contributed by atoms with Crippen LogP contribution in [0, 0.1) is 0 Å². The van der Waals surface area contributed by atoms with Crippen LogP contribution in [0.4, 0.5) is 0 Å². The summed E-state index contributed by atoms with van der Waals surface area (Å²) in [6, 6.07) is 13.9. The van der Waals surface area contributed by atoms with Crippen molar-refractivity contribution < 1.29 is 0 Å². The van der Waals surface area contributed by atoms with Crippen LogP contribution in [0.25, 0.3) is 22.3 Å². The molecule has 0 nitrogen and oxygen atoms in total. The van der Waals surface area contributed by atoms with Crippen LogP contribution in [-0.2, 0) is 25.7 Å². The van der Waals surface area contributed by atoms with E-state index >= 15 is 0 Å². The molecule has 4 aliphatic carbocycles. The smallest absolute Gasteiger partial charge is 0.00102 e. The van der Waals surface area contributed by atoms with Gasteiger partial charge >= 0.3 is 0 Å². The van der Waals surface area contributed by atoms with Gasteiger partial charge in [0, 0.05) is 0 Å². The van der Waals surface area contributed by atoms with E-state index in [1.807, 2.05) is 0 Å². The third-order valence-electron chi connectivity index (χ3n) is 6.38. The lowest BCUT2D eigenvalue weighted by Crippen LogP contribution is -2.00. The van der Waals surface area contributed by atoms with Crippen LogP contribution in [0.1, 0.15) is 44.5 Å². The zero-order valence-electron chi connectivity index (χ0n) is 12.3. The zero-order valence-corrected chi connectivity index (χ0v) is 12.3. The van der Waals surface area contributed by atoms with Crippen molar-refractivity contribution in [2.75, 3.05) is 0 Å². The minimum absolute atomic E-state index is 1.16. The lowest BCUT2D eigenvalue weighted by molar-refractivity contribution is 1.09. The average molecular weight is 278 g/mol. The van der Waals surface area contributed by atoms with Crippen molar-refractivity contribution in [3.8, 4) is 22.3 Å². The first-order valence-corrected chi connectivity index (χ1v) is 8.32. The summed E-state index contributed by atoms with van der Waals surface area (Å²) in [5.74, 6) is 0. The van der Waals surface area contributed by atoms with Gasteiger partial charge in [-0.15, -0.1) is 0 Å². The molecule has 0 fully saturated rings. The van der Waals surface area contributed by atoms with Gasteiger partial charge in [-0.2, -0.15) is 0 Å². The normalized spacial score (nSPS) is 16.4. The molecular weight excluding hydrogens is 264 g/mol. The van der Waals surface area contributed by atoms with Crippen LogP contribution in [0.2, 0.25) is 0 Å². The molecule has 0 unspecified atom stereocenters. The molecule has 0 spiro atoms. The Kier molecular flexibility index (Phi) is 1.44. The summed E-state index contributed by atoms with van der Waals surface area (Å²) in [6.45, 7) is 0. The van der Waals surface area contributed by atoms with E-state index in [4.69, 9.17) is 0 Å². The van der Waals surface area contributed by atoms with Gasteiger partial charge in [0.25, 0.3) is 0 Å². The molecule has 0 heteroatoms. The summed E-state index contributed by atoms with van der Waals surface area (Å²) < 4.78 is 0. The zero-order chi connectivity index (χ0) is 14.0. The first kappa shape index (κ1) is 10.4. The topological polar surface area (TPSA) is 0 Å². The van der Waals surface area contributed by atoms with Gasteiger partial charge in [-0.3, -0.25) is 0 Å². The Labute approximate surface area is 129 Å². The molecule has 0 bridgehead atoms. The van der Waals surface area contributed by atoms with Crippen LogP contribution in [0.15, 0.2) is 36.4 Å². The Balaban J connectivity index is 1.68. The molecule has 0 heterocycles. The minimum atomic E-state index is 1.16. The van der Waals surface area contributed by atoms with E-state index in [-0.39, 0.29) is 0 Å². The Bertz CT molecular complexity index is 906. The van der Waals surface area contributed by atoms with Crippen molar-refractivity contribution in [3.05, 3.63) is 80.9 Å². The third-order valence-corrected chi connectivity index (χ3v) is 6.38. The van der Waals surface area contributed by atoms with Crippen molar-refractivity contribution in [2.24, 2.45) is 0 Å². The van der Waals surface area contributed by atoms with Gasteiger partial charge in [0.2, 0.25) is 0 Å². The van der Waals surface area contributed by atoms with Crippen LogP contribution in [0.5, 0.6) is 0 Å². The Morgan fingerprint density at radius 2 is 0.727 bits per heavy atom. The summed E-state index contributed by atoms with van der Waals surface area (Å²) in [5.41, 5.74) is 19.4. The monoisotopic (exact) mass is 278 g/mol. The summed E-state index contributed by atoms with van der Waals surface area (Å²) in [5, 5.41) is 0. The molecule has 0 radical (unpaired) electrons. The largest absolute Gasteiger partial charge is 0.0617 e. The second-order valence-corrected chi connectivity index (χ2v) is 7.27. The van der Waals surface area contributed by atoms with Crippen molar-refractivity contribution in [3.63, 3.8) is 0 Å². The molecular formula is C22H14. The summed E-state index contributed by atoms with van der Waals surface area (Å²) >= 11 is 0. The molecule has 4 aliphatic rings. The number of hydrogen-bond donors (Lipinski definition) is 0. The Hall–Kier alpha value is -2.34. The van der Waals surface area contributed by atoms with E-state index in [2.05, 4.69) is 36.4 Å². The van der Waals surface area contributed by atoms with Crippen LogP contribution in [-0.4, -0.2) is 0 Å². The fourth-order valence-electron chi connectivity index (χ4n) is 5.65. The average Bonchev–Trinajstić information content (AvgIpc) is 3.26. The van der Waals surface area contributed by atoms with Crippen LogP contribution in [0.3, 0.4) is 0 Å². The van der Waals surface area contributed by atoms with E-state index in [9.17, 15) is 0 Å². The first-order valence-electron chi connectivity index (χ1n) is 8.32. The van der Waals surface area contributed by atoms with Crippen molar-refractivity contribution >= 4 is 0 Å². The molecule has 0 N–H and O–H groups in total. The molecule has 102 valence electrons. The van der Waals surface area contributed by atoms with Crippen molar-refractivity contribution in [2.45, 2.75) is 25.7 Å². The van der Waals surface area contributed by atoms with Crippen LogP contribution < -0.4 is 0 Å². The van der Waals surface area contributed by atoms with Gasteiger partial charge in [-0.1, -0.05) is 36.4 Å². The number of hydrogen-bond acceptors (Lipinski definition) is 0. The molecule has 0 aromatic heterocycles. The summed E-state index contributed by atoms with van der Waals surface area (Å²) in [4.78, 5) is 0. The maximum atomic E-state index is 2.35. The van der Waals surface area contributed by atoms with Crippen molar-refractivity contribution in [1.82, 2.24) is 0 Å². The molecule has 0 aliphatic heterocycles. The van der Waals surface area contributed by atoms with E-state index in [1.165, 1.54) is 0 Å². The molecule has 22 heavy (non-hydrogen) atoms. The Morgan fingerprint density at radius 1 is 0.409 bits per heavy atom. The maximum absolute atomic E-state index is 2.35. The lowest BCUT2D eigenvalue weighted by Gasteiger charge is -2.14. The fraction of sp³-hybridized carbons (Fsp3) is 0.182. The highest BCUT2D eigenvalue weighted by molar-refractivity contribution is 5.97. The first-order chi connectivity index (χ1) is 10.9. The van der Waals surface area contributed by atoms with Gasteiger partial charge in [0.1, 0.15) is 0 Å². The predicted octanol–water partition coefficient (Wildman–Crippen LogP) is 4.64. The molecule has 7 rings (SSSR count). The molecule has 0 atom stereocenters. The standard InChI is InChI=1S/C22H14/c1-3-11-7-15-17-9-13-5-2-6-14-10-18(22(17)20(13)14)16-8-12(4-1)19(11)21(15)16/h1-6H,7-10H2. The lowest BCUT2D eigenvalue weighted by atomic mass is 9.89. The molecule has 0 saturated carbocycles. The Morgan fingerprint density at radius 3 is 1.05 bits per heavy atom. The number of rotatable bonds is 0. The quantitative estimate of drug-likeness (QED) is 0.379. The summed E-state index contributed by atoms with van der Waals surface area (Å²) in [6.07, 6.45) is 4.66. The third kappa shape index (κ3) is 0.903. The highest BCUT2D eigenvalue weighted by Crippen LogP contribution is 2.58. The van der Waals surface area contributed by atoms with Gasteiger partial charge in [-0.05, 0) is 92.4 Å². The van der Waals surface area contributed by atoms with E-state index in [1.54, 1.807) is 66.8 Å². The van der Waals surface area contributed by atoms with Crippen molar-refractivity contribution in [1.29, 1.82) is 0 Å². The van der Waals surface area contributed by atoms with Gasteiger partial charge in [0.05, 0.1) is 0 Å². The van der Waals surface area contributed by atoms with E-state index < -0.39 is 0 Å². The maximum Gasteiger partial charge on any atom is -0.00102 e. The highest BCUT2D eigenvalue weighted by atomic mass is 14.4. The predicted molar refractivity (Wildman–Crippen MR) is 88.5 cm³/mol. The molecule has 0 saturated heterocycles. The van der Waals surface area contributed by atoms with Gasteiger partial charge < -0.3 is 0 Å². The van der Waals surface area contributed by atoms with E-state index in [0.717, 1.165) is 25.7 Å². The van der Waals surface area contributed by atoms with E-state index in [0.29, 0.717) is 0 Å². The molecule has 3 aromatic rings. The summed E-state index contributed by atoms with van der Waals surface area (Å²) in [7, 11) is 0. The number of benzene rings is 3. The second kappa shape index (κ2) is 3.05. The fourth-order valence-corrected chi connectivity index (χ4v) is 5.65. The molecule has 3 aromatic carbocycles. The SMILES string of the molecule is c1cc2c3c(c1)Cc1c4c5c(c(c1-3)C2)Cc1cccc(c1-5)C4. The van der Waals surface area contributed by atoms with Gasteiger partial charge in [0.15, 0.2) is 0 Å². The van der Waals surface area contributed by atoms with Crippen LogP contribution >= 0.6 is 0 Å². The minimum Gasteiger partial charge on any atom is -0.0617 e. The molecule has 0 amide bonds. The highest BCUT2D eigenvalue weighted by Gasteiger charge is 2.40.